The van der Waals surface area contributed by atoms with Gasteiger partial charge in [0, 0.05) is 57.0 Å². The van der Waals surface area contributed by atoms with Crippen LogP contribution in [0.2, 0.25) is 0 Å². The van der Waals surface area contributed by atoms with Crippen LogP contribution in [0.5, 0.6) is 0 Å². The Kier molecular flexibility index (Phi) is 7.81. The molecule has 0 bridgehead atoms. The van der Waals surface area contributed by atoms with Gasteiger partial charge in [0.1, 0.15) is 5.78 Å². The van der Waals surface area contributed by atoms with E-state index in [0.717, 1.165) is 17.1 Å². The van der Waals surface area contributed by atoms with Crippen molar-refractivity contribution in [3.63, 3.8) is 0 Å². The fourth-order valence-electron chi connectivity index (χ4n) is 1.97. The van der Waals surface area contributed by atoms with Crippen LogP contribution in [0.1, 0.15) is 33.1 Å². The molecular weight excluding hydrogens is 314 g/mol. The molecular formula is C16H23N3O5. The minimum absolute atomic E-state index is 0.0102. The molecule has 24 heavy (non-hydrogen) atoms. The summed E-state index contributed by atoms with van der Waals surface area (Å²) < 4.78 is 0. The number of imide groups is 1. The molecule has 1 aliphatic heterocycles. The lowest BCUT2D eigenvalue weighted by atomic mass is 10.1. The predicted octanol–water partition coefficient (Wildman–Crippen LogP) is -0.461. The molecule has 132 valence electrons. The maximum Gasteiger partial charge on any atom is 0.253 e. The number of nitrogens with one attached hydrogen (secondary N) is 2. The van der Waals surface area contributed by atoms with Gasteiger partial charge in [0.2, 0.25) is 11.8 Å². The van der Waals surface area contributed by atoms with Gasteiger partial charge in [0.05, 0.1) is 0 Å². The molecule has 0 aliphatic carbocycles. The van der Waals surface area contributed by atoms with E-state index in [9.17, 15) is 24.0 Å². The highest BCUT2D eigenvalue weighted by molar-refractivity contribution is 6.13. The average molecular weight is 337 g/mol. The Labute approximate surface area is 140 Å². The topological polar surface area (TPSA) is 113 Å². The largest absolute Gasteiger partial charge is 0.356 e. The number of carbonyl (C=O) groups excluding carboxylic acids is 5. The van der Waals surface area contributed by atoms with Crippen LogP contribution in [0.3, 0.4) is 0 Å². The lowest BCUT2D eigenvalue weighted by Crippen LogP contribution is -2.36. The Morgan fingerprint density at radius 1 is 0.917 bits per heavy atom. The highest BCUT2D eigenvalue weighted by Crippen LogP contribution is 2.04. The molecule has 0 fully saturated rings. The van der Waals surface area contributed by atoms with Crippen molar-refractivity contribution in [3.8, 4) is 0 Å². The number of rotatable bonds is 10. The fourth-order valence-corrected chi connectivity index (χ4v) is 1.97. The summed E-state index contributed by atoms with van der Waals surface area (Å²) in [6.45, 7) is 4.07. The van der Waals surface area contributed by atoms with Gasteiger partial charge in [-0.3, -0.25) is 28.9 Å². The van der Waals surface area contributed by atoms with Crippen LogP contribution in [0.25, 0.3) is 0 Å². The molecule has 4 amide bonds. The molecule has 0 aromatic heterocycles. The fraction of sp³-hybridized carbons (Fsp3) is 0.562. The second kappa shape index (κ2) is 9.59. The summed E-state index contributed by atoms with van der Waals surface area (Å²) in [4.78, 5) is 58.1. The third-order valence-corrected chi connectivity index (χ3v) is 3.47. The lowest BCUT2D eigenvalue weighted by molar-refractivity contribution is -0.137. The van der Waals surface area contributed by atoms with Crippen LogP contribution < -0.4 is 10.6 Å². The molecule has 1 aliphatic rings. The average Bonchev–Trinajstić information content (AvgIpc) is 2.83. The summed E-state index contributed by atoms with van der Waals surface area (Å²) in [5.74, 6) is -1.41. The summed E-state index contributed by atoms with van der Waals surface area (Å²) in [6, 6.07) is 0. The zero-order valence-electron chi connectivity index (χ0n) is 14.0. The van der Waals surface area contributed by atoms with Gasteiger partial charge in [-0.05, 0) is 0 Å². The van der Waals surface area contributed by atoms with Crippen LogP contribution in [-0.2, 0) is 24.0 Å². The number of hydrogen-bond donors (Lipinski definition) is 2. The standard InChI is InChI=1S/C16H23N3O5/c1-11(2)12(20)5-8-17-13(21)6-9-18-14(22)7-10-19-15(23)3-4-16(19)24/h3-4,11H,5-10H2,1-2H3,(H,17,21)(H,18,22). The van der Waals surface area contributed by atoms with Crippen molar-refractivity contribution in [1.82, 2.24) is 15.5 Å². The highest BCUT2D eigenvalue weighted by atomic mass is 16.2. The van der Waals surface area contributed by atoms with Crippen molar-refractivity contribution in [2.24, 2.45) is 5.92 Å². The summed E-state index contributed by atoms with van der Waals surface area (Å²) in [5, 5.41) is 5.16. The van der Waals surface area contributed by atoms with Crippen LogP contribution in [0, 0.1) is 5.92 Å². The molecule has 0 atom stereocenters. The van der Waals surface area contributed by atoms with Crippen molar-refractivity contribution >= 4 is 29.4 Å². The van der Waals surface area contributed by atoms with E-state index in [1.807, 2.05) is 0 Å². The SMILES string of the molecule is CC(C)C(=O)CCNC(=O)CCNC(=O)CCN1C(=O)C=CC1=O. The molecule has 0 saturated carbocycles. The van der Waals surface area contributed by atoms with E-state index in [1.165, 1.54) is 0 Å². The molecule has 0 aromatic carbocycles. The molecule has 0 saturated heterocycles. The maximum atomic E-state index is 11.6. The van der Waals surface area contributed by atoms with E-state index in [0.29, 0.717) is 6.42 Å². The number of carbonyl (C=O) groups is 5. The molecule has 0 spiro atoms. The lowest BCUT2D eigenvalue weighted by Gasteiger charge is -2.13. The number of amides is 4. The second-order valence-electron chi connectivity index (χ2n) is 5.73. The zero-order valence-corrected chi connectivity index (χ0v) is 14.0. The first kappa shape index (κ1) is 19.5. The summed E-state index contributed by atoms with van der Waals surface area (Å²) >= 11 is 0. The molecule has 2 N–H and O–H groups in total. The molecule has 1 heterocycles. The zero-order chi connectivity index (χ0) is 18.1. The molecule has 0 radical (unpaired) electrons. The van der Waals surface area contributed by atoms with Crippen molar-refractivity contribution in [2.75, 3.05) is 19.6 Å². The minimum atomic E-state index is -0.428. The Morgan fingerprint density at radius 3 is 1.96 bits per heavy atom. The van der Waals surface area contributed by atoms with Gasteiger partial charge >= 0.3 is 0 Å². The van der Waals surface area contributed by atoms with Crippen LogP contribution in [0.15, 0.2) is 12.2 Å². The first-order valence-corrected chi connectivity index (χ1v) is 7.91. The normalized spacial score (nSPS) is 13.5. The van der Waals surface area contributed by atoms with Gasteiger partial charge < -0.3 is 10.6 Å². The molecule has 8 heteroatoms. The van der Waals surface area contributed by atoms with Crippen molar-refractivity contribution in [1.29, 1.82) is 0 Å². The smallest absolute Gasteiger partial charge is 0.253 e. The highest BCUT2D eigenvalue weighted by Gasteiger charge is 2.23. The van der Waals surface area contributed by atoms with Crippen LogP contribution in [-0.4, -0.2) is 53.9 Å². The molecule has 0 unspecified atom stereocenters. The Bertz CT molecular complexity index is 536. The third kappa shape index (κ3) is 6.72. The van der Waals surface area contributed by atoms with E-state index in [4.69, 9.17) is 0 Å². The van der Waals surface area contributed by atoms with Gasteiger partial charge in [-0.25, -0.2) is 0 Å². The number of nitrogens with zero attached hydrogens (tertiary/aromatic N) is 1. The predicted molar refractivity (Wildman–Crippen MR) is 85.6 cm³/mol. The minimum Gasteiger partial charge on any atom is -0.356 e. The van der Waals surface area contributed by atoms with Crippen molar-refractivity contribution in [2.45, 2.75) is 33.1 Å². The van der Waals surface area contributed by atoms with Crippen LogP contribution in [0.4, 0.5) is 0 Å². The second-order valence-corrected chi connectivity index (χ2v) is 5.73. The Balaban J connectivity index is 2.10. The first-order valence-electron chi connectivity index (χ1n) is 7.91. The van der Waals surface area contributed by atoms with E-state index in [2.05, 4.69) is 10.6 Å². The molecule has 0 aromatic rings. The van der Waals surface area contributed by atoms with Gasteiger partial charge in [0.25, 0.3) is 11.8 Å². The van der Waals surface area contributed by atoms with E-state index in [1.54, 1.807) is 13.8 Å². The first-order chi connectivity index (χ1) is 11.3. The number of ketones is 1. The van der Waals surface area contributed by atoms with Crippen LogP contribution >= 0.6 is 0 Å². The number of hydrogen-bond acceptors (Lipinski definition) is 5. The van der Waals surface area contributed by atoms with Crippen molar-refractivity contribution < 1.29 is 24.0 Å². The summed E-state index contributed by atoms with van der Waals surface area (Å²) in [7, 11) is 0. The van der Waals surface area contributed by atoms with Gasteiger partial charge in [-0.15, -0.1) is 0 Å². The quantitative estimate of drug-likeness (QED) is 0.524. The summed E-state index contributed by atoms with van der Waals surface area (Å²) in [6.07, 6.45) is 2.71. The third-order valence-electron chi connectivity index (χ3n) is 3.47. The van der Waals surface area contributed by atoms with Gasteiger partial charge in [0.15, 0.2) is 0 Å². The summed E-state index contributed by atoms with van der Waals surface area (Å²) in [5.41, 5.74) is 0. The van der Waals surface area contributed by atoms with E-state index >= 15 is 0 Å². The van der Waals surface area contributed by atoms with Crippen molar-refractivity contribution in [3.05, 3.63) is 12.2 Å². The number of Topliss-reactive ketones (excluding diaryl/α,β-unsaturated/α-hetero) is 1. The maximum absolute atomic E-state index is 11.6. The Morgan fingerprint density at radius 2 is 1.42 bits per heavy atom. The Hall–Kier alpha value is -2.51. The van der Waals surface area contributed by atoms with E-state index < -0.39 is 11.8 Å². The monoisotopic (exact) mass is 337 g/mol. The van der Waals surface area contributed by atoms with Gasteiger partial charge in [-0.1, -0.05) is 13.8 Å². The molecule has 8 nitrogen and oxygen atoms in total. The van der Waals surface area contributed by atoms with E-state index in [-0.39, 0.29) is 56.0 Å². The molecule has 1 rings (SSSR count). The van der Waals surface area contributed by atoms with Gasteiger partial charge in [-0.2, -0.15) is 0 Å².